The topological polar surface area (TPSA) is 26.3 Å². The van der Waals surface area contributed by atoms with E-state index < -0.39 is 5.41 Å². The molecular weight excluding hydrogens is 164 g/mol. The summed E-state index contributed by atoms with van der Waals surface area (Å²) >= 11 is 0. The number of hydrogen-bond donors (Lipinski definition) is 0. The maximum atomic E-state index is 11.6. The van der Waals surface area contributed by atoms with E-state index in [0.717, 1.165) is 19.3 Å². The van der Waals surface area contributed by atoms with Crippen LogP contribution >= 0.6 is 0 Å². The lowest BCUT2D eigenvalue weighted by Crippen LogP contribution is -2.31. The van der Waals surface area contributed by atoms with E-state index in [1.807, 2.05) is 6.08 Å². The van der Waals surface area contributed by atoms with Crippen molar-refractivity contribution in [2.75, 3.05) is 7.11 Å². The number of methoxy groups -OCH3 is 1. The average molecular weight is 180 g/mol. The molecule has 13 heavy (non-hydrogen) atoms. The van der Waals surface area contributed by atoms with Gasteiger partial charge in [-0.25, -0.2) is 0 Å². The molecule has 1 aliphatic rings. The number of allylic oxidation sites excluding steroid dienone is 2. The Morgan fingerprint density at radius 3 is 3.00 bits per heavy atom. The second-order valence-electron chi connectivity index (χ2n) is 3.44. The first-order valence-electron chi connectivity index (χ1n) is 4.62. The molecule has 2 heteroatoms. The number of rotatable bonds is 3. The fourth-order valence-corrected chi connectivity index (χ4v) is 1.81. The molecule has 0 aromatic carbocycles. The minimum absolute atomic E-state index is 0.136. The quantitative estimate of drug-likeness (QED) is 0.492. The predicted octanol–water partition coefficient (Wildman–Crippen LogP) is 2.46. The summed E-state index contributed by atoms with van der Waals surface area (Å²) in [7, 11) is 1.44. The van der Waals surface area contributed by atoms with E-state index in [1.165, 1.54) is 7.11 Å². The van der Waals surface area contributed by atoms with Crippen molar-refractivity contribution in [1.29, 1.82) is 0 Å². The lowest BCUT2D eigenvalue weighted by atomic mass is 9.76. The molecule has 1 rings (SSSR count). The van der Waals surface area contributed by atoms with E-state index in [4.69, 9.17) is 4.74 Å². The van der Waals surface area contributed by atoms with Gasteiger partial charge in [-0.05, 0) is 25.7 Å². The molecule has 0 amide bonds. The SMILES string of the molecule is C=CCC1(C(=O)OC)C=CCCC1. The maximum absolute atomic E-state index is 11.6. The summed E-state index contributed by atoms with van der Waals surface area (Å²) in [6.07, 6.45) is 9.49. The lowest BCUT2D eigenvalue weighted by molar-refractivity contribution is -0.150. The monoisotopic (exact) mass is 180 g/mol. The van der Waals surface area contributed by atoms with Crippen LogP contribution in [0.15, 0.2) is 24.8 Å². The Balaban J connectivity index is 2.84. The molecule has 0 aromatic heterocycles. The van der Waals surface area contributed by atoms with Crippen molar-refractivity contribution in [3.8, 4) is 0 Å². The Morgan fingerprint density at radius 1 is 1.77 bits per heavy atom. The average Bonchev–Trinajstić information content (AvgIpc) is 2.18. The van der Waals surface area contributed by atoms with Crippen molar-refractivity contribution >= 4 is 5.97 Å². The highest BCUT2D eigenvalue weighted by Crippen LogP contribution is 2.35. The Hall–Kier alpha value is -1.05. The number of carbonyl (C=O) groups is 1. The first kappa shape index (κ1) is 10.0. The molecule has 0 aromatic rings. The third-order valence-electron chi connectivity index (χ3n) is 2.53. The largest absolute Gasteiger partial charge is 0.468 e. The molecule has 0 saturated carbocycles. The third-order valence-corrected chi connectivity index (χ3v) is 2.53. The van der Waals surface area contributed by atoms with Gasteiger partial charge in [-0.1, -0.05) is 18.2 Å². The summed E-state index contributed by atoms with van der Waals surface area (Å²) in [6.45, 7) is 3.67. The number of ether oxygens (including phenoxy) is 1. The Bertz CT molecular complexity index is 230. The van der Waals surface area contributed by atoms with Crippen molar-refractivity contribution < 1.29 is 9.53 Å². The van der Waals surface area contributed by atoms with Crippen LogP contribution < -0.4 is 0 Å². The zero-order chi connectivity index (χ0) is 9.73. The minimum Gasteiger partial charge on any atom is -0.468 e. The van der Waals surface area contributed by atoms with E-state index in [1.54, 1.807) is 6.08 Å². The highest BCUT2D eigenvalue weighted by atomic mass is 16.5. The van der Waals surface area contributed by atoms with Crippen LogP contribution in [-0.2, 0) is 9.53 Å². The van der Waals surface area contributed by atoms with Crippen LogP contribution in [0.5, 0.6) is 0 Å². The molecule has 0 spiro atoms. The molecular formula is C11H16O2. The summed E-state index contributed by atoms with van der Waals surface area (Å²) in [5.74, 6) is -0.136. The predicted molar refractivity (Wildman–Crippen MR) is 52.3 cm³/mol. The molecule has 0 radical (unpaired) electrons. The second-order valence-corrected chi connectivity index (χ2v) is 3.44. The molecule has 0 fully saturated rings. The van der Waals surface area contributed by atoms with Gasteiger partial charge in [0, 0.05) is 0 Å². The Morgan fingerprint density at radius 2 is 2.54 bits per heavy atom. The van der Waals surface area contributed by atoms with Crippen LogP contribution in [-0.4, -0.2) is 13.1 Å². The fourth-order valence-electron chi connectivity index (χ4n) is 1.81. The van der Waals surface area contributed by atoms with Crippen molar-refractivity contribution in [2.24, 2.45) is 5.41 Å². The lowest BCUT2D eigenvalue weighted by Gasteiger charge is -2.28. The summed E-state index contributed by atoms with van der Waals surface area (Å²) in [5, 5.41) is 0. The van der Waals surface area contributed by atoms with Crippen LogP contribution in [0.25, 0.3) is 0 Å². The Labute approximate surface area is 79.3 Å². The molecule has 1 atom stereocenters. The van der Waals surface area contributed by atoms with Crippen molar-refractivity contribution in [3.05, 3.63) is 24.8 Å². The standard InChI is InChI=1S/C11H16O2/c1-3-7-11(10(12)13-2)8-5-4-6-9-11/h3,5,8H,1,4,6-7,9H2,2H3. The fraction of sp³-hybridized carbons (Fsp3) is 0.545. The minimum atomic E-state index is -0.422. The zero-order valence-corrected chi connectivity index (χ0v) is 8.08. The smallest absolute Gasteiger partial charge is 0.315 e. The molecule has 2 nitrogen and oxygen atoms in total. The van der Waals surface area contributed by atoms with Gasteiger partial charge in [0.05, 0.1) is 12.5 Å². The summed E-state index contributed by atoms with van der Waals surface area (Å²) in [4.78, 5) is 11.6. The van der Waals surface area contributed by atoms with E-state index in [9.17, 15) is 4.79 Å². The van der Waals surface area contributed by atoms with Crippen LogP contribution in [0, 0.1) is 5.41 Å². The molecule has 0 heterocycles. The van der Waals surface area contributed by atoms with Gasteiger partial charge in [-0.15, -0.1) is 6.58 Å². The summed E-state index contributed by atoms with van der Waals surface area (Å²) < 4.78 is 4.81. The van der Waals surface area contributed by atoms with Gasteiger partial charge in [0.2, 0.25) is 0 Å². The van der Waals surface area contributed by atoms with Gasteiger partial charge in [-0.2, -0.15) is 0 Å². The first-order valence-corrected chi connectivity index (χ1v) is 4.62. The van der Waals surface area contributed by atoms with Crippen LogP contribution in [0.2, 0.25) is 0 Å². The number of carbonyl (C=O) groups excluding carboxylic acids is 1. The highest BCUT2D eigenvalue weighted by molar-refractivity contribution is 5.79. The summed E-state index contributed by atoms with van der Waals surface area (Å²) in [5.41, 5.74) is -0.422. The van der Waals surface area contributed by atoms with Crippen LogP contribution in [0.3, 0.4) is 0 Å². The van der Waals surface area contributed by atoms with Crippen LogP contribution in [0.4, 0.5) is 0 Å². The van der Waals surface area contributed by atoms with E-state index in [0.29, 0.717) is 6.42 Å². The number of esters is 1. The van der Waals surface area contributed by atoms with E-state index in [-0.39, 0.29) is 5.97 Å². The maximum Gasteiger partial charge on any atom is 0.315 e. The number of hydrogen-bond acceptors (Lipinski definition) is 2. The third kappa shape index (κ3) is 2.00. The van der Waals surface area contributed by atoms with Crippen molar-refractivity contribution in [3.63, 3.8) is 0 Å². The molecule has 0 saturated heterocycles. The van der Waals surface area contributed by atoms with Gasteiger partial charge in [-0.3, -0.25) is 4.79 Å². The molecule has 72 valence electrons. The molecule has 0 aliphatic heterocycles. The molecule has 1 unspecified atom stereocenters. The van der Waals surface area contributed by atoms with Gasteiger partial charge in [0.25, 0.3) is 0 Å². The molecule has 1 aliphatic carbocycles. The highest BCUT2D eigenvalue weighted by Gasteiger charge is 2.36. The zero-order valence-electron chi connectivity index (χ0n) is 8.08. The molecule has 0 N–H and O–H groups in total. The van der Waals surface area contributed by atoms with Crippen molar-refractivity contribution in [2.45, 2.75) is 25.7 Å². The van der Waals surface area contributed by atoms with Crippen LogP contribution in [0.1, 0.15) is 25.7 Å². The van der Waals surface area contributed by atoms with Gasteiger partial charge < -0.3 is 4.74 Å². The van der Waals surface area contributed by atoms with Gasteiger partial charge >= 0.3 is 5.97 Å². The van der Waals surface area contributed by atoms with Gasteiger partial charge in [0.15, 0.2) is 0 Å². The summed E-state index contributed by atoms with van der Waals surface area (Å²) in [6, 6.07) is 0. The second kappa shape index (κ2) is 4.26. The normalized spacial score (nSPS) is 26.8. The van der Waals surface area contributed by atoms with Gasteiger partial charge in [0.1, 0.15) is 0 Å². The first-order chi connectivity index (χ1) is 6.25. The van der Waals surface area contributed by atoms with Crippen molar-refractivity contribution in [1.82, 2.24) is 0 Å². The van der Waals surface area contributed by atoms with E-state index >= 15 is 0 Å². The Kier molecular flexibility index (Phi) is 3.29. The van der Waals surface area contributed by atoms with E-state index in [2.05, 4.69) is 12.7 Å². The molecule has 0 bridgehead atoms.